The zero-order valence-corrected chi connectivity index (χ0v) is 60.0. The van der Waals surface area contributed by atoms with Crippen molar-refractivity contribution >= 4 is 6.21 Å². The number of aliphatic imine (C=N–C) groups is 1. The first-order valence-corrected chi connectivity index (χ1v) is 30.8. The molecule has 0 saturated carbocycles. The molecule has 0 aliphatic carbocycles. The average Bonchev–Trinajstić information content (AvgIpc) is 4.36. The Kier molecular flexibility index (Phi) is 95.8. The lowest BCUT2D eigenvalue weighted by molar-refractivity contribution is 0.125. The molecule has 0 amide bonds. The fraction of sp³-hybridized carbons (Fsp3) is 0.741. The van der Waals surface area contributed by atoms with Crippen LogP contribution < -0.4 is 0 Å². The van der Waals surface area contributed by atoms with Gasteiger partial charge < -0.3 is 14.0 Å². The second-order valence-electron chi connectivity index (χ2n) is 14.8. The van der Waals surface area contributed by atoms with E-state index in [1.807, 2.05) is 172 Å². The fourth-order valence-electron chi connectivity index (χ4n) is 4.50. The topological polar surface area (TPSA) is 296 Å². The number of tetrazole rings is 2. The Morgan fingerprint density at radius 2 is 0.977 bits per heavy atom. The molecule has 28 heteroatoms. The Balaban J connectivity index is -0.000000106. The third-order valence-electron chi connectivity index (χ3n) is 7.98. The van der Waals surface area contributed by atoms with E-state index in [0.29, 0.717) is 23.8 Å². The minimum atomic E-state index is 0.546. The van der Waals surface area contributed by atoms with Gasteiger partial charge in [-0.1, -0.05) is 137 Å². The molecule has 0 bridgehead atoms. The molecule has 28 nitrogen and oxygen atoms in total. The number of aryl methyl sites for hydroxylation is 9. The van der Waals surface area contributed by atoms with E-state index in [4.69, 9.17) is 9.47 Å². The van der Waals surface area contributed by atoms with Crippen LogP contribution in [0.25, 0.3) is 0 Å². The van der Waals surface area contributed by atoms with E-state index in [1.165, 1.54) is 59.1 Å². The van der Waals surface area contributed by atoms with Gasteiger partial charge in [-0.2, -0.15) is 45.0 Å². The van der Waals surface area contributed by atoms with Gasteiger partial charge >= 0.3 is 0 Å². The number of rotatable bonds is 0. The fourth-order valence-corrected chi connectivity index (χ4v) is 4.50. The van der Waals surface area contributed by atoms with Gasteiger partial charge in [-0.15, -0.1) is 35.7 Å². The van der Waals surface area contributed by atoms with Crippen molar-refractivity contribution in [2.24, 2.45) is 70.5 Å². The molecular formula is C58H126N26O2. The molecule has 7 aromatic rings. The third kappa shape index (κ3) is 81.0. The summed E-state index contributed by atoms with van der Waals surface area (Å²) in [5.41, 5.74) is 1.04. The maximum Gasteiger partial charge on any atom is 0.171 e. The van der Waals surface area contributed by atoms with Crippen molar-refractivity contribution in [3.63, 3.8) is 0 Å². The van der Waals surface area contributed by atoms with Gasteiger partial charge in [0.05, 0.1) is 51.0 Å². The molecule has 0 radical (unpaired) electrons. The Labute approximate surface area is 522 Å². The first-order chi connectivity index (χ1) is 41.6. The van der Waals surface area contributed by atoms with Crippen LogP contribution >= 0.6 is 0 Å². The molecule has 2 saturated heterocycles. The summed E-state index contributed by atoms with van der Waals surface area (Å²) in [7, 11) is 12.6. The number of azo groups is 1. The van der Waals surface area contributed by atoms with Gasteiger partial charge in [0, 0.05) is 67.3 Å². The quantitative estimate of drug-likeness (QED) is 0.136. The molecule has 3 unspecified atom stereocenters. The van der Waals surface area contributed by atoms with E-state index in [2.05, 4.69) is 118 Å². The van der Waals surface area contributed by atoms with Crippen molar-refractivity contribution in [2.45, 2.75) is 210 Å². The molecule has 86 heavy (non-hydrogen) atoms. The first kappa shape index (κ1) is 97.9. The first-order valence-electron chi connectivity index (χ1n) is 30.8. The highest BCUT2D eigenvalue weighted by Gasteiger charge is 2.08. The van der Waals surface area contributed by atoms with Crippen LogP contribution in [-0.2, 0) is 58.8 Å². The van der Waals surface area contributed by atoms with Crippen molar-refractivity contribution in [1.29, 1.82) is 0 Å². The lowest BCUT2D eigenvalue weighted by atomic mass is 10.2. The van der Waals surface area contributed by atoms with Gasteiger partial charge in [-0.25, -0.2) is 9.97 Å². The second-order valence-corrected chi connectivity index (χ2v) is 14.8. The van der Waals surface area contributed by atoms with Crippen LogP contribution in [0.1, 0.15) is 196 Å². The molecule has 11 heterocycles. The zero-order valence-electron chi connectivity index (χ0n) is 60.0. The molecule has 4 aliphatic heterocycles. The van der Waals surface area contributed by atoms with Crippen molar-refractivity contribution in [1.82, 2.24) is 115 Å². The van der Waals surface area contributed by atoms with Crippen LogP contribution in [0.2, 0.25) is 0 Å². The summed E-state index contributed by atoms with van der Waals surface area (Å²) in [6, 6.07) is 0.616. The SMILES string of the molecule is CC.CC.CC.CC.CC.CC.CC.CC.CC.CC1=CCN=N1.CC1CCC=N1.CC1CCCO1.CC1CCOC1.Cc1nnn(C)n1.Cc1nnn(C)n1.Cn1ccnn1.Cn1cncn1.Cn1cncn1.Cn1cnnc1.Cn1nccn1. The highest BCUT2D eigenvalue weighted by molar-refractivity contribution is 5.59. The largest absolute Gasteiger partial charge is 0.381 e. The summed E-state index contributed by atoms with van der Waals surface area (Å²) >= 11 is 0. The number of nitrogens with zero attached hydrogens (tertiary/aromatic N) is 26. The molecule has 0 aromatic carbocycles. The molecule has 0 N–H and O–H groups in total. The summed E-state index contributed by atoms with van der Waals surface area (Å²) in [6.45, 7) is 51.8. The number of ether oxygens (including phenoxy) is 2. The lowest BCUT2D eigenvalue weighted by Gasteiger charge is -1.94. The minimum Gasteiger partial charge on any atom is -0.381 e. The summed E-state index contributed by atoms with van der Waals surface area (Å²) in [4.78, 5) is 15.8. The van der Waals surface area contributed by atoms with Gasteiger partial charge in [-0.3, -0.25) is 19.0 Å². The third-order valence-corrected chi connectivity index (χ3v) is 7.98. The van der Waals surface area contributed by atoms with Crippen LogP contribution in [0.5, 0.6) is 0 Å². The highest BCUT2D eigenvalue weighted by Crippen LogP contribution is 2.10. The van der Waals surface area contributed by atoms with Gasteiger partial charge in [0.15, 0.2) is 11.6 Å². The summed E-state index contributed by atoms with van der Waals surface area (Å²) in [6.07, 6.45) is 27.0. The standard InChI is InChI=1S/C5H9N.2C5H10O.C4H6N2.2C3H6N4.5C3H5N3.9C2H6/c1-5-3-2-4-6-5;1-5-2-3-6-4-5;1-5-3-2-4-6-5;1-4-2-3-5-6-4;2*1-3-4-6-7(2)5-3;1-6-2-4-5-3-6;2*1-6-3-4-2-5-6;1-6-3-2-4-5-6;1-6-4-2-3-5-6;9*1-2/h4-5H,2-3H2,1H3;2*5H,2-4H2,1H3;2H,3H2,1H3;2*1-2H3;5*2-3H,1H3;9*1-2H3. The second kappa shape index (κ2) is 84.2. The van der Waals surface area contributed by atoms with Crippen molar-refractivity contribution in [3.8, 4) is 0 Å². The molecule has 0 spiro atoms. The molecular weight excluding hydrogens is 1090 g/mol. The number of hydrogen-bond donors (Lipinski definition) is 0. The zero-order chi connectivity index (χ0) is 68.2. The average molecular weight is 1220 g/mol. The van der Waals surface area contributed by atoms with Gasteiger partial charge in [-0.05, 0) is 95.4 Å². The normalized spacial score (nSPS) is 13.6. The van der Waals surface area contributed by atoms with Crippen molar-refractivity contribution in [2.75, 3.05) is 26.4 Å². The van der Waals surface area contributed by atoms with Gasteiger partial charge in [0.25, 0.3) is 0 Å². The van der Waals surface area contributed by atoms with Crippen molar-refractivity contribution in [3.05, 3.63) is 86.2 Å². The minimum absolute atomic E-state index is 0.546. The summed E-state index contributed by atoms with van der Waals surface area (Å²) in [5, 5.41) is 58.5. The predicted octanol–water partition coefficient (Wildman–Crippen LogP) is 12.2. The van der Waals surface area contributed by atoms with Crippen LogP contribution in [0.4, 0.5) is 0 Å². The van der Waals surface area contributed by atoms with E-state index in [9.17, 15) is 0 Å². The molecule has 11 rings (SSSR count). The molecule has 3 atom stereocenters. The predicted molar refractivity (Wildman–Crippen MR) is 354 cm³/mol. The Morgan fingerprint density at radius 3 is 1.08 bits per heavy atom. The smallest absolute Gasteiger partial charge is 0.171 e. The van der Waals surface area contributed by atoms with E-state index >= 15 is 0 Å². The Morgan fingerprint density at radius 1 is 0.500 bits per heavy atom. The van der Waals surface area contributed by atoms with Gasteiger partial charge in [0.1, 0.15) is 38.0 Å². The van der Waals surface area contributed by atoms with Crippen LogP contribution in [-0.4, -0.2) is 159 Å². The molecule has 500 valence electrons. The van der Waals surface area contributed by atoms with E-state index < -0.39 is 0 Å². The summed E-state index contributed by atoms with van der Waals surface area (Å²) in [5.74, 6) is 2.25. The van der Waals surface area contributed by atoms with Crippen LogP contribution in [0.3, 0.4) is 0 Å². The summed E-state index contributed by atoms with van der Waals surface area (Å²) < 4.78 is 16.9. The monoisotopic (exact) mass is 1220 g/mol. The number of aromatic nitrogens is 23. The molecule has 4 aliphatic rings. The number of hydrogen-bond acceptors (Lipinski definition) is 21. The van der Waals surface area contributed by atoms with Crippen LogP contribution in [0, 0.1) is 19.8 Å². The van der Waals surface area contributed by atoms with Crippen molar-refractivity contribution < 1.29 is 9.47 Å². The molecule has 2 fully saturated rings. The highest BCUT2D eigenvalue weighted by atomic mass is 16.5. The van der Waals surface area contributed by atoms with Gasteiger partial charge in [0.2, 0.25) is 0 Å². The Bertz CT molecular complexity index is 1920. The maximum absolute atomic E-state index is 5.15. The van der Waals surface area contributed by atoms with Crippen LogP contribution in [0.15, 0.2) is 89.7 Å². The van der Waals surface area contributed by atoms with E-state index in [1.54, 1.807) is 104 Å². The Hall–Kier alpha value is -7.23. The van der Waals surface area contributed by atoms with E-state index in [0.717, 1.165) is 38.0 Å². The lowest BCUT2D eigenvalue weighted by Crippen LogP contribution is -1.94. The maximum atomic E-state index is 5.15. The number of allylic oxidation sites excluding steroid dienone is 1. The molecule has 7 aromatic heterocycles. The van der Waals surface area contributed by atoms with E-state index in [-0.39, 0.29) is 0 Å².